The molecule has 0 aliphatic rings. The van der Waals surface area contributed by atoms with Crippen molar-refractivity contribution < 1.29 is 14.3 Å². The van der Waals surface area contributed by atoms with Crippen LogP contribution in [0, 0.1) is 5.95 Å². The zero-order valence-corrected chi connectivity index (χ0v) is 9.90. The normalized spacial score (nSPS) is 10.3. The Morgan fingerprint density at radius 1 is 1.41 bits per heavy atom. The maximum Gasteiger partial charge on any atom is 0.272 e. The SMILES string of the molecule is CN(CCCCCO)C(=O)c1cccc(F)n1. The van der Waals surface area contributed by atoms with Gasteiger partial charge in [0, 0.05) is 20.2 Å². The Bertz CT molecular complexity index is 371. The second-order valence-corrected chi connectivity index (χ2v) is 3.86. The van der Waals surface area contributed by atoms with E-state index in [0.29, 0.717) is 6.54 Å². The molecule has 0 saturated carbocycles. The van der Waals surface area contributed by atoms with Gasteiger partial charge in [0.15, 0.2) is 0 Å². The molecule has 1 N–H and O–H groups in total. The van der Waals surface area contributed by atoms with Gasteiger partial charge in [0.1, 0.15) is 5.69 Å². The highest BCUT2D eigenvalue weighted by atomic mass is 19.1. The summed E-state index contributed by atoms with van der Waals surface area (Å²) in [6.07, 6.45) is 2.42. The van der Waals surface area contributed by atoms with Gasteiger partial charge in [0.25, 0.3) is 5.91 Å². The van der Waals surface area contributed by atoms with Crippen molar-refractivity contribution in [3.8, 4) is 0 Å². The quantitative estimate of drug-likeness (QED) is 0.605. The molecule has 0 unspecified atom stereocenters. The van der Waals surface area contributed by atoms with Crippen LogP contribution >= 0.6 is 0 Å². The fourth-order valence-electron chi connectivity index (χ4n) is 1.46. The van der Waals surface area contributed by atoms with Gasteiger partial charge in [-0.05, 0) is 31.4 Å². The molecule has 0 radical (unpaired) electrons. The molecule has 0 aliphatic heterocycles. The van der Waals surface area contributed by atoms with Crippen LogP contribution in [0.5, 0.6) is 0 Å². The van der Waals surface area contributed by atoms with Crippen molar-refractivity contribution in [2.75, 3.05) is 20.2 Å². The molecule has 0 fully saturated rings. The predicted octanol–water partition coefficient (Wildman–Crippen LogP) is 1.46. The Morgan fingerprint density at radius 3 is 2.82 bits per heavy atom. The zero-order valence-electron chi connectivity index (χ0n) is 9.90. The van der Waals surface area contributed by atoms with E-state index in [2.05, 4.69) is 4.98 Å². The first-order valence-electron chi connectivity index (χ1n) is 5.64. The van der Waals surface area contributed by atoms with E-state index >= 15 is 0 Å². The van der Waals surface area contributed by atoms with Crippen LogP contribution in [0.3, 0.4) is 0 Å². The molecule has 1 heterocycles. The van der Waals surface area contributed by atoms with Crippen molar-refractivity contribution in [3.05, 3.63) is 29.8 Å². The second kappa shape index (κ2) is 6.96. The number of amides is 1. The van der Waals surface area contributed by atoms with Gasteiger partial charge in [0.05, 0.1) is 0 Å². The van der Waals surface area contributed by atoms with E-state index in [-0.39, 0.29) is 18.2 Å². The molecule has 94 valence electrons. The minimum atomic E-state index is -0.649. The molecule has 5 heteroatoms. The Morgan fingerprint density at radius 2 is 2.18 bits per heavy atom. The molecule has 0 bridgehead atoms. The van der Waals surface area contributed by atoms with Crippen LogP contribution in [0.1, 0.15) is 29.8 Å². The van der Waals surface area contributed by atoms with E-state index in [4.69, 9.17) is 5.11 Å². The van der Waals surface area contributed by atoms with Crippen molar-refractivity contribution in [2.24, 2.45) is 0 Å². The maximum absolute atomic E-state index is 12.8. The molecule has 0 aromatic carbocycles. The average Bonchev–Trinajstić information content (AvgIpc) is 2.33. The van der Waals surface area contributed by atoms with E-state index in [1.54, 1.807) is 7.05 Å². The van der Waals surface area contributed by atoms with E-state index < -0.39 is 5.95 Å². The first-order chi connectivity index (χ1) is 8.15. The average molecular weight is 240 g/mol. The lowest BCUT2D eigenvalue weighted by atomic mass is 10.2. The summed E-state index contributed by atoms with van der Waals surface area (Å²) in [7, 11) is 1.66. The number of hydrogen-bond donors (Lipinski definition) is 1. The molecular formula is C12H17FN2O2. The molecule has 0 saturated heterocycles. The highest BCUT2D eigenvalue weighted by Crippen LogP contribution is 2.04. The van der Waals surface area contributed by atoms with Crippen molar-refractivity contribution >= 4 is 5.91 Å². The fraction of sp³-hybridized carbons (Fsp3) is 0.500. The van der Waals surface area contributed by atoms with Gasteiger partial charge in [-0.2, -0.15) is 4.39 Å². The standard InChI is InChI=1S/C12H17FN2O2/c1-15(8-3-2-4-9-16)12(17)10-6-5-7-11(13)14-10/h5-7,16H,2-4,8-9H2,1H3. The van der Waals surface area contributed by atoms with Crippen molar-refractivity contribution in [1.29, 1.82) is 0 Å². The summed E-state index contributed by atoms with van der Waals surface area (Å²) in [5.41, 5.74) is 0.120. The number of aromatic nitrogens is 1. The number of rotatable bonds is 6. The first kappa shape index (κ1) is 13.6. The molecular weight excluding hydrogens is 223 g/mol. The van der Waals surface area contributed by atoms with Gasteiger partial charge < -0.3 is 10.0 Å². The van der Waals surface area contributed by atoms with Crippen LogP contribution in [-0.4, -0.2) is 41.1 Å². The number of carbonyl (C=O) groups is 1. The summed E-state index contributed by atoms with van der Waals surface area (Å²) >= 11 is 0. The maximum atomic E-state index is 12.8. The molecule has 0 atom stereocenters. The van der Waals surface area contributed by atoms with Crippen LogP contribution < -0.4 is 0 Å². The minimum Gasteiger partial charge on any atom is -0.396 e. The lowest BCUT2D eigenvalue weighted by Crippen LogP contribution is -2.28. The monoisotopic (exact) mass is 240 g/mol. The number of nitrogens with zero attached hydrogens (tertiary/aromatic N) is 2. The van der Waals surface area contributed by atoms with Gasteiger partial charge in [-0.1, -0.05) is 6.07 Å². The van der Waals surface area contributed by atoms with Gasteiger partial charge >= 0.3 is 0 Å². The lowest BCUT2D eigenvalue weighted by Gasteiger charge is -2.16. The first-order valence-corrected chi connectivity index (χ1v) is 5.64. The summed E-state index contributed by atoms with van der Waals surface area (Å²) in [5, 5.41) is 8.62. The third-order valence-electron chi connectivity index (χ3n) is 2.43. The van der Waals surface area contributed by atoms with Crippen LogP contribution in [0.2, 0.25) is 0 Å². The Kier molecular flexibility index (Phi) is 5.56. The second-order valence-electron chi connectivity index (χ2n) is 3.86. The molecule has 0 aliphatic carbocycles. The van der Waals surface area contributed by atoms with Gasteiger partial charge in [-0.25, -0.2) is 4.98 Å². The van der Waals surface area contributed by atoms with Gasteiger partial charge in [0.2, 0.25) is 5.95 Å². The number of aliphatic hydroxyl groups is 1. The Hall–Kier alpha value is -1.49. The summed E-state index contributed by atoms with van der Waals surface area (Å²) in [5.74, 6) is -0.932. The van der Waals surface area contributed by atoms with E-state index in [9.17, 15) is 9.18 Å². The summed E-state index contributed by atoms with van der Waals surface area (Å²) in [6, 6.07) is 4.17. The van der Waals surface area contributed by atoms with Crippen LogP contribution in [0.15, 0.2) is 18.2 Å². The minimum absolute atomic E-state index is 0.120. The molecule has 0 spiro atoms. The molecule has 1 amide bonds. The number of halogens is 1. The number of carbonyl (C=O) groups excluding carboxylic acids is 1. The zero-order chi connectivity index (χ0) is 12.7. The van der Waals surface area contributed by atoms with Crippen LogP contribution in [0.4, 0.5) is 4.39 Å². The van der Waals surface area contributed by atoms with Crippen LogP contribution in [0.25, 0.3) is 0 Å². The molecule has 4 nitrogen and oxygen atoms in total. The number of aliphatic hydroxyl groups excluding tert-OH is 1. The Balaban J connectivity index is 2.46. The lowest BCUT2D eigenvalue weighted by molar-refractivity contribution is 0.0785. The van der Waals surface area contributed by atoms with E-state index in [1.165, 1.54) is 23.1 Å². The molecule has 1 aromatic heterocycles. The largest absolute Gasteiger partial charge is 0.396 e. The van der Waals surface area contributed by atoms with Crippen molar-refractivity contribution in [2.45, 2.75) is 19.3 Å². The predicted molar refractivity (Wildman–Crippen MR) is 62.1 cm³/mol. The summed E-state index contributed by atoms with van der Waals surface area (Å²) < 4.78 is 12.8. The van der Waals surface area contributed by atoms with Crippen molar-refractivity contribution in [3.63, 3.8) is 0 Å². The van der Waals surface area contributed by atoms with E-state index in [0.717, 1.165) is 19.3 Å². The molecule has 17 heavy (non-hydrogen) atoms. The smallest absolute Gasteiger partial charge is 0.272 e. The highest BCUT2D eigenvalue weighted by molar-refractivity contribution is 5.92. The highest BCUT2D eigenvalue weighted by Gasteiger charge is 2.12. The molecule has 1 rings (SSSR count). The topological polar surface area (TPSA) is 53.4 Å². The number of unbranched alkanes of at least 4 members (excludes halogenated alkanes) is 2. The number of pyridine rings is 1. The summed E-state index contributed by atoms with van der Waals surface area (Å²) in [6.45, 7) is 0.750. The van der Waals surface area contributed by atoms with Gasteiger partial charge in [-0.15, -0.1) is 0 Å². The summed E-state index contributed by atoms with van der Waals surface area (Å²) in [4.78, 5) is 16.9. The Labute approximate surface area is 100 Å². The van der Waals surface area contributed by atoms with Gasteiger partial charge in [-0.3, -0.25) is 4.79 Å². The third kappa shape index (κ3) is 4.48. The van der Waals surface area contributed by atoms with E-state index in [1.807, 2.05) is 0 Å². The van der Waals surface area contributed by atoms with Crippen molar-refractivity contribution in [1.82, 2.24) is 9.88 Å². The van der Waals surface area contributed by atoms with Crippen LogP contribution in [-0.2, 0) is 0 Å². The fourth-order valence-corrected chi connectivity index (χ4v) is 1.46. The number of hydrogen-bond acceptors (Lipinski definition) is 3. The molecule has 1 aromatic rings. The third-order valence-corrected chi connectivity index (χ3v) is 2.43.